The number of rotatable bonds is 7. The third kappa shape index (κ3) is 6.14. The summed E-state index contributed by atoms with van der Waals surface area (Å²) in [5, 5.41) is 12.2. The lowest BCUT2D eigenvalue weighted by molar-refractivity contribution is -0.118. The standard InChI is InChI=1S/C16H17NO2S2/c18-13-5-4-8-15(11-13)21-12-16(19)17-9-10-20-14-6-2-1-3-7-14/h1-8,11,18H,9-10,12H2,(H,17,19). The predicted octanol–water partition coefficient (Wildman–Crippen LogP) is 3.39. The highest BCUT2D eigenvalue weighted by atomic mass is 32.2. The van der Waals surface area contributed by atoms with E-state index in [1.54, 1.807) is 30.0 Å². The first kappa shape index (κ1) is 15.8. The van der Waals surface area contributed by atoms with Gasteiger partial charge in [-0.3, -0.25) is 4.79 Å². The highest BCUT2D eigenvalue weighted by molar-refractivity contribution is 8.00. The molecule has 2 N–H and O–H groups in total. The molecule has 2 rings (SSSR count). The van der Waals surface area contributed by atoms with Crippen molar-refractivity contribution >= 4 is 29.4 Å². The highest BCUT2D eigenvalue weighted by Crippen LogP contribution is 2.21. The van der Waals surface area contributed by atoms with Crippen LogP contribution in [0.4, 0.5) is 0 Å². The number of carbonyl (C=O) groups excluding carboxylic acids is 1. The van der Waals surface area contributed by atoms with Crippen molar-refractivity contribution in [3.05, 3.63) is 54.6 Å². The molecule has 0 heterocycles. The third-order valence-corrected chi connectivity index (χ3v) is 4.63. The maximum atomic E-state index is 11.7. The highest BCUT2D eigenvalue weighted by Gasteiger charge is 2.03. The molecule has 5 heteroatoms. The lowest BCUT2D eigenvalue weighted by Gasteiger charge is -2.05. The monoisotopic (exact) mass is 319 g/mol. The van der Waals surface area contributed by atoms with E-state index in [9.17, 15) is 9.90 Å². The van der Waals surface area contributed by atoms with E-state index in [4.69, 9.17) is 0 Å². The molecule has 0 radical (unpaired) electrons. The Bertz CT molecular complexity index is 575. The van der Waals surface area contributed by atoms with E-state index in [2.05, 4.69) is 17.4 Å². The van der Waals surface area contributed by atoms with Gasteiger partial charge in [-0.1, -0.05) is 24.3 Å². The smallest absolute Gasteiger partial charge is 0.230 e. The van der Waals surface area contributed by atoms with Gasteiger partial charge in [0.2, 0.25) is 5.91 Å². The van der Waals surface area contributed by atoms with Gasteiger partial charge in [-0.05, 0) is 30.3 Å². The van der Waals surface area contributed by atoms with Gasteiger partial charge in [0.25, 0.3) is 0 Å². The summed E-state index contributed by atoms with van der Waals surface area (Å²) in [6.45, 7) is 0.652. The lowest BCUT2D eigenvalue weighted by atomic mass is 10.3. The summed E-state index contributed by atoms with van der Waals surface area (Å²) in [6.07, 6.45) is 0. The fourth-order valence-electron chi connectivity index (χ4n) is 1.65. The molecular weight excluding hydrogens is 302 g/mol. The summed E-state index contributed by atoms with van der Waals surface area (Å²) in [6, 6.07) is 17.0. The number of phenols is 1. The fourth-order valence-corrected chi connectivity index (χ4v) is 3.22. The largest absolute Gasteiger partial charge is 0.508 e. The number of thioether (sulfide) groups is 2. The van der Waals surface area contributed by atoms with Crippen LogP contribution < -0.4 is 5.32 Å². The number of carbonyl (C=O) groups is 1. The molecule has 0 spiro atoms. The molecule has 1 amide bonds. The van der Waals surface area contributed by atoms with E-state index in [1.807, 2.05) is 24.3 Å². The van der Waals surface area contributed by atoms with Gasteiger partial charge in [0.1, 0.15) is 5.75 Å². The fraction of sp³-hybridized carbons (Fsp3) is 0.188. The van der Waals surface area contributed by atoms with Crippen LogP contribution in [0.25, 0.3) is 0 Å². The van der Waals surface area contributed by atoms with Gasteiger partial charge >= 0.3 is 0 Å². The van der Waals surface area contributed by atoms with Crippen molar-refractivity contribution in [1.82, 2.24) is 5.32 Å². The molecule has 0 fully saturated rings. The molecule has 21 heavy (non-hydrogen) atoms. The molecule has 0 atom stereocenters. The summed E-state index contributed by atoms with van der Waals surface area (Å²) in [4.78, 5) is 13.8. The Balaban J connectivity index is 1.62. The molecule has 110 valence electrons. The molecule has 0 aliphatic rings. The van der Waals surface area contributed by atoms with Crippen LogP contribution in [0.15, 0.2) is 64.4 Å². The molecular formula is C16H17NO2S2. The van der Waals surface area contributed by atoms with Crippen LogP contribution in [0.2, 0.25) is 0 Å². The molecule has 2 aromatic carbocycles. The minimum atomic E-state index is 0.0111. The maximum Gasteiger partial charge on any atom is 0.230 e. The topological polar surface area (TPSA) is 49.3 Å². The van der Waals surface area contributed by atoms with Crippen LogP contribution in [0.3, 0.4) is 0 Å². The van der Waals surface area contributed by atoms with Gasteiger partial charge in [0.15, 0.2) is 0 Å². The average Bonchev–Trinajstić information content (AvgIpc) is 2.51. The number of phenolic OH excluding ortho intramolecular Hbond substituents is 1. The van der Waals surface area contributed by atoms with E-state index in [0.29, 0.717) is 12.3 Å². The van der Waals surface area contributed by atoms with Crippen molar-refractivity contribution in [1.29, 1.82) is 0 Å². The molecule has 0 aliphatic carbocycles. The second kappa shape index (κ2) is 8.64. The maximum absolute atomic E-state index is 11.7. The molecule has 0 bridgehead atoms. The quantitative estimate of drug-likeness (QED) is 0.607. The summed E-state index contributed by atoms with van der Waals surface area (Å²) >= 11 is 3.14. The van der Waals surface area contributed by atoms with Gasteiger partial charge in [0, 0.05) is 22.1 Å². The van der Waals surface area contributed by atoms with Crippen molar-refractivity contribution in [3.8, 4) is 5.75 Å². The summed E-state index contributed by atoms with van der Waals surface area (Å²) < 4.78 is 0. The minimum Gasteiger partial charge on any atom is -0.508 e. The Morgan fingerprint density at radius 2 is 1.76 bits per heavy atom. The van der Waals surface area contributed by atoms with E-state index < -0.39 is 0 Å². The van der Waals surface area contributed by atoms with Crippen molar-refractivity contribution in [2.45, 2.75) is 9.79 Å². The molecule has 3 nitrogen and oxygen atoms in total. The third-order valence-electron chi connectivity index (χ3n) is 2.62. The van der Waals surface area contributed by atoms with Crippen LogP contribution in [0, 0.1) is 0 Å². The Labute approximate surface area is 133 Å². The summed E-state index contributed by atoms with van der Waals surface area (Å²) in [5.74, 6) is 1.45. The van der Waals surface area contributed by atoms with Crippen molar-refractivity contribution in [2.75, 3.05) is 18.1 Å². The Morgan fingerprint density at radius 1 is 1.00 bits per heavy atom. The van der Waals surface area contributed by atoms with Gasteiger partial charge in [-0.15, -0.1) is 23.5 Å². The second-order valence-corrected chi connectivity index (χ2v) is 6.51. The number of amides is 1. The predicted molar refractivity (Wildman–Crippen MR) is 89.0 cm³/mol. The van der Waals surface area contributed by atoms with E-state index >= 15 is 0 Å². The molecule has 0 unspecified atom stereocenters. The van der Waals surface area contributed by atoms with Crippen LogP contribution >= 0.6 is 23.5 Å². The van der Waals surface area contributed by atoms with Crippen molar-refractivity contribution in [3.63, 3.8) is 0 Å². The number of benzene rings is 2. The first-order valence-corrected chi connectivity index (χ1v) is 8.57. The lowest BCUT2D eigenvalue weighted by Crippen LogP contribution is -2.27. The molecule has 2 aromatic rings. The Kier molecular flexibility index (Phi) is 6.50. The first-order chi connectivity index (χ1) is 10.2. The Hall–Kier alpha value is -1.59. The van der Waals surface area contributed by atoms with Gasteiger partial charge in [0.05, 0.1) is 5.75 Å². The van der Waals surface area contributed by atoms with E-state index in [-0.39, 0.29) is 11.7 Å². The van der Waals surface area contributed by atoms with Crippen LogP contribution in [-0.2, 0) is 4.79 Å². The zero-order chi connectivity index (χ0) is 14.9. The number of nitrogens with one attached hydrogen (secondary N) is 1. The van der Waals surface area contributed by atoms with Gasteiger partial charge in [-0.25, -0.2) is 0 Å². The zero-order valence-electron chi connectivity index (χ0n) is 11.5. The Morgan fingerprint density at radius 3 is 2.52 bits per heavy atom. The number of hydrogen-bond donors (Lipinski definition) is 2. The minimum absolute atomic E-state index is 0.0111. The number of aromatic hydroxyl groups is 1. The van der Waals surface area contributed by atoms with Crippen LogP contribution in [0.5, 0.6) is 5.75 Å². The molecule has 0 saturated heterocycles. The second-order valence-electron chi connectivity index (χ2n) is 4.30. The summed E-state index contributed by atoms with van der Waals surface area (Å²) in [5.41, 5.74) is 0. The molecule has 0 aliphatic heterocycles. The average molecular weight is 319 g/mol. The van der Waals surface area contributed by atoms with E-state index in [1.165, 1.54) is 16.7 Å². The first-order valence-electron chi connectivity index (χ1n) is 6.60. The van der Waals surface area contributed by atoms with Crippen LogP contribution in [0.1, 0.15) is 0 Å². The van der Waals surface area contributed by atoms with E-state index in [0.717, 1.165) is 10.6 Å². The van der Waals surface area contributed by atoms with Gasteiger partial charge in [-0.2, -0.15) is 0 Å². The molecule has 0 saturated carbocycles. The van der Waals surface area contributed by atoms with Crippen molar-refractivity contribution in [2.24, 2.45) is 0 Å². The van der Waals surface area contributed by atoms with Crippen LogP contribution in [-0.4, -0.2) is 29.1 Å². The normalized spacial score (nSPS) is 10.3. The SMILES string of the molecule is O=C(CSc1cccc(O)c1)NCCSc1ccccc1. The molecule has 0 aromatic heterocycles. The van der Waals surface area contributed by atoms with Gasteiger partial charge < -0.3 is 10.4 Å². The number of hydrogen-bond acceptors (Lipinski definition) is 4. The zero-order valence-corrected chi connectivity index (χ0v) is 13.1. The summed E-state index contributed by atoms with van der Waals surface area (Å²) in [7, 11) is 0. The van der Waals surface area contributed by atoms with Crippen molar-refractivity contribution < 1.29 is 9.90 Å².